The normalized spacial score (nSPS) is 15.3. The summed E-state index contributed by atoms with van der Waals surface area (Å²) in [4.78, 5) is 23.2. The maximum atomic E-state index is 11.8. The summed E-state index contributed by atoms with van der Waals surface area (Å²) in [6, 6.07) is 9.62. The van der Waals surface area contributed by atoms with E-state index in [2.05, 4.69) is 5.32 Å². The van der Waals surface area contributed by atoms with Gasteiger partial charge in [0.1, 0.15) is 12.6 Å². The van der Waals surface area contributed by atoms with Crippen molar-refractivity contribution >= 4 is 11.9 Å². The first kappa shape index (κ1) is 15.5. The summed E-state index contributed by atoms with van der Waals surface area (Å²) in [5, 5.41) is 2.52. The Morgan fingerprint density at radius 3 is 2.67 bits per heavy atom. The third kappa shape index (κ3) is 5.95. The number of rotatable bonds is 8. The van der Waals surface area contributed by atoms with Gasteiger partial charge in [-0.2, -0.15) is 0 Å². The van der Waals surface area contributed by atoms with Gasteiger partial charge in [-0.05, 0) is 31.2 Å². The van der Waals surface area contributed by atoms with E-state index in [0.29, 0.717) is 19.1 Å². The van der Waals surface area contributed by atoms with Crippen LogP contribution in [0.4, 0.5) is 0 Å². The van der Waals surface area contributed by atoms with Crippen LogP contribution in [0.3, 0.4) is 0 Å². The van der Waals surface area contributed by atoms with Crippen LogP contribution in [-0.2, 0) is 25.7 Å². The third-order valence-corrected chi connectivity index (χ3v) is 3.30. The van der Waals surface area contributed by atoms with Crippen molar-refractivity contribution in [3.8, 4) is 0 Å². The quantitative estimate of drug-likeness (QED) is 0.740. The number of hydrogen-bond acceptors (Lipinski definition) is 4. The number of nitrogens with one attached hydrogen (secondary N) is 1. The molecule has 0 bridgehead atoms. The summed E-state index contributed by atoms with van der Waals surface area (Å²) in [5.74, 6) is -0.183. The van der Waals surface area contributed by atoms with Crippen LogP contribution in [0.1, 0.15) is 25.3 Å². The fourth-order valence-corrected chi connectivity index (χ4v) is 1.72. The number of hydrogen-bond donors (Lipinski definition) is 1. The van der Waals surface area contributed by atoms with E-state index in [4.69, 9.17) is 9.47 Å². The van der Waals surface area contributed by atoms with E-state index in [1.807, 2.05) is 30.3 Å². The molecule has 0 saturated heterocycles. The highest BCUT2D eigenvalue weighted by molar-refractivity contribution is 5.84. The minimum Gasteiger partial charge on any atom is -0.464 e. The molecule has 0 aromatic heterocycles. The van der Waals surface area contributed by atoms with Crippen molar-refractivity contribution in [2.45, 2.75) is 32.5 Å². The van der Waals surface area contributed by atoms with E-state index in [1.54, 1.807) is 6.92 Å². The predicted molar refractivity (Wildman–Crippen MR) is 77.4 cm³/mol. The Morgan fingerprint density at radius 2 is 2.00 bits per heavy atom. The van der Waals surface area contributed by atoms with Crippen LogP contribution in [0.25, 0.3) is 0 Å². The van der Waals surface area contributed by atoms with E-state index in [0.717, 1.165) is 18.4 Å². The molecule has 1 fully saturated rings. The molecule has 1 aliphatic carbocycles. The molecule has 114 valence electrons. The minimum atomic E-state index is -0.610. The van der Waals surface area contributed by atoms with Crippen molar-refractivity contribution in [1.82, 2.24) is 5.32 Å². The van der Waals surface area contributed by atoms with Gasteiger partial charge in [-0.3, -0.25) is 9.59 Å². The Balaban J connectivity index is 1.61. The maximum Gasteiger partial charge on any atom is 0.325 e. The fraction of sp³-hybridized carbons (Fsp3) is 0.500. The van der Waals surface area contributed by atoms with Crippen LogP contribution in [-0.4, -0.2) is 31.1 Å². The van der Waals surface area contributed by atoms with Gasteiger partial charge in [0.05, 0.1) is 13.2 Å². The SMILES string of the molecule is CC(OCc1ccccc1)C(=O)NCC(=O)OCC1CC1. The second-order valence-electron chi connectivity index (χ2n) is 5.28. The molecule has 5 nitrogen and oxygen atoms in total. The number of amides is 1. The van der Waals surface area contributed by atoms with E-state index < -0.39 is 12.1 Å². The summed E-state index contributed by atoms with van der Waals surface area (Å²) in [6.07, 6.45) is 1.65. The number of ether oxygens (including phenoxy) is 2. The lowest BCUT2D eigenvalue weighted by Gasteiger charge is -2.13. The van der Waals surface area contributed by atoms with E-state index >= 15 is 0 Å². The van der Waals surface area contributed by atoms with Crippen molar-refractivity contribution in [2.75, 3.05) is 13.2 Å². The zero-order chi connectivity index (χ0) is 15.1. The van der Waals surface area contributed by atoms with Crippen molar-refractivity contribution in [3.05, 3.63) is 35.9 Å². The Hall–Kier alpha value is -1.88. The molecule has 1 aromatic rings. The van der Waals surface area contributed by atoms with Crippen LogP contribution < -0.4 is 5.32 Å². The summed E-state index contributed by atoms with van der Waals surface area (Å²) in [7, 11) is 0. The highest BCUT2D eigenvalue weighted by Crippen LogP contribution is 2.28. The first-order valence-electron chi connectivity index (χ1n) is 7.24. The minimum absolute atomic E-state index is 0.107. The lowest BCUT2D eigenvalue weighted by atomic mass is 10.2. The first-order chi connectivity index (χ1) is 10.1. The van der Waals surface area contributed by atoms with Gasteiger partial charge >= 0.3 is 5.97 Å². The number of benzene rings is 1. The van der Waals surface area contributed by atoms with Crippen LogP contribution >= 0.6 is 0 Å². The Bertz CT molecular complexity index is 470. The van der Waals surface area contributed by atoms with Gasteiger partial charge in [0, 0.05) is 0 Å². The second kappa shape index (κ2) is 7.78. The molecule has 1 N–H and O–H groups in total. The average Bonchev–Trinajstić information content (AvgIpc) is 3.33. The van der Waals surface area contributed by atoms with Gasteiger partial charge in [-0.25, -0.2) is 0 Å². The maximum absolute atomic E-state index is 11.8. The fourth-order valence-electron chi connectivity index (χ4n) is 1.72. The number of carbonyl (C=O) groups is 2. The Labute approximate surface area is 124 Å². The molecular weight excluding hydrogens is 270 g/mol. The zero-order valence-corrected chi connectivity index (χ0v) is 12.2. The van der Waals surface area contributed by atoms with Gasteiger partial charge in [-0.15, -0.1) is 0 Å². The zero-order valence-electron chi connectivity index (χ0n) is 12.2. The van der Waals surface area contributed by atoms with Crippen LogP contribution in [0.2, 0.25) is 0 Å². The van der Waals surface area contributed by atoms with Crippen LogP contribution in [0.15, 0.2) is 30.3 Å². The molecule has 1 atom stereocenters. The van der Waals surface area contributed by atoms with E-state index in [9.17, 15) is 9.59 Å². The van der Waals surface area contributed by atoms with Gasteiger partial charge in [-0.1, -0.05) is 30.3 Å². The van der Waals surface area contributed by atoms with E-state index in [1.165, 1.54) is 0 Å². The average molecular weight is 291 g/mol. The summed E-state index contributed by atoms with van der Waals surface area (Å²) >= 11 is 0. The smallest absolute Gasteiger partial charge is 0.325 e. The molecule has 5 heteroatoms. The number of esters is 1. The molecule has 0 heterocycles. The lowest BCUT2D eigenvalue weighted by molar-refractivity contribution is -0.145. The summed E-state index contributed by atoms with van der Waals surface area (Å²) in [6.45, 7) is 2.38. The van der Waals surface area contributed by atoms with Crippen molar-refractivity contribution in [1.29, 1.82) is 0 Å². The largest absolute Gasteiger partial charge is 0.464 e. The molecule has 1 saturated carbocycles. The Kier molecular flexibility index (Phi) is 5.75. The molecular formula is C16H21NO4. The molecule has 21 heavy (non-hydrogen) atoms. The second-order valence-corrected chi connectivity index (χ2v) is 5.28. The first-order valence-corrected chi connectivity index (χ1v) is 7.24. The summed E-state index contributed by atoms with van der Waals surface area (Å²) < 4.78 is 10.5. The number of carbonyl (C=O) groups excluding carboxylic acids is 2. The van der Waals surface area contributed by atoms with Crippen LogP contribution in [0.5, 0.6) is 0 Å². The third-order valence-electron chi connectivity index (χ3n) is 3.30. The Morgan fingerprint density at radius 1 is 1.29 bits per heavy atom. The van der Waals surface area contributed by atoms with Crippen LogP contribution in [0, 0.1) is 5.92 Å². The van der Waals surface area contributed by atoms with Gasteiger partial charge in [0.25, 0.3) is 0 Å². The van der Waals surface area contributed by atoms with Crippen molar-refractivity contribution in [2.24, 2.45) is 5.92 Å². The standard InChI is InChI=1S/C16H21NO4/c1-12(20-10-13-5-3-2-4-6-13)16(19)17-9-15(18)21-11-14-7-8-14/h2-6,12,14H,7-11H2,1H3,(H,17,19). The molecule has 2 rings (SSSR count). The van der Waals surface area contributed by atoms with Crippen molar-refractivity contribution < 1.29 is 19.1 Å². The monoisotopic (exact) mass is 291 g/mol. The molecule has 1 aliphatic rings. The lowest BCUT2D eigenvalue weighted by Crippen LogP contribution is -2.38. The molecule has 1 aromatic carbocycles. The van der Waals surface area contributed by atoms with Crippen molar-refractivity contribution in [3.63, 3.8) is 0 Å². The summed E-state index contributed by atoms with van der Waals surface area (Å²) in [5.41, 5.74) is 1.00. The van der Waals surface area contributed by atoms with E-state index in [-0.39, 0.29) is 12.5 Å². The molecule has 0 radical (unpaired) electrons. The highest BCUT2D eigenvalue weighted by Gasteiger charge is 2.23. The van der Waals surface area contributed by atoms with Gasteiger partial charge < -0.3 is 14.8 Å². The van der Waals surface area contributed by atoms with Gasteiger partial charge in [0.2, 0.25) is 5.91 Å². The molecule has 0 spiro atoms. The molecule has 1 amide bonds. The molecule has 1 unspecified atom stereocenters. The predicted octanol–water partition coefficient (Wildman–Crippen LogP) is 1.66. The topological polar surface area (TPSA) is 64.6 Å². The highest BCUT2D eigenvalue weighted by atomic mass is 16.5. The molecule has 0 aliphatic heterocycles. The van der Waals surface area contributed by atoms with Gasteiger partial charge in [0.15, 0.2) is 0 Å².